The van der Waals surface area contributed by atoms with Crippen LogP contribution in [0, 0.1) is 11.7 Å². The van der Waals surface area contributed by atoms with Gasteiger partial charge in [-0.15, -0.1) is 0 Å². The molecule has 3 rings (SSSR count). The molecule has 1 fully saturated rings. The summed E-state index contributed by atoms with van der Waals surface area (Å²) in [7, 11) is 0. The average molecular weight is 413 g/mol. The Bertz CT molecular complexity index is 762. The largest absolute Gasteiger partial charge is 0.426 e. The highest BCUT2D eigenvalue weighted by Crippen LogP contribution is 2.29. The maximum atomic E-state index is 13.1. The summed E-state index contributed by atoms with van der Waals surface area (Å²) in [6, 6.07) is 13.7. The second-order valence-corrected chi connectivity index (χ2v) is 8.21. The Hall–Kier alpha value is -2.20. The summed E-state index contributed by atoms with van der Waals surface area (Å²) in [6.07, 6.45) is 10.0. The zero-order valence-corrected chi connectivity index (χ0v) is 17.9. The summed E-state index contributed by atoms with van der Waals surface area (Å²) in [5, 5.41) is 0. The van der Waals surface area contributed by atoms with Crippen molar-refractivity contribution in [1.29, 1.82) is 0 Å². The number of carbonyl (C=O) groups excluding carboxylic acids is 1. The highest BCUT2D eigenvalue weighted by molar-refractivity contribution is 5.75. The van der Waals surface area contributed by atoms with Crippen LogP contribution in [0.15, 0.2) is 48.5 Å². The van der Waals surface area contributed by atoms with Gasteiger partial charge in [0.05, 0.1) is 12.0 Å². The molecule has 162 valence electrons. The third kappa shape index (κ3) is 6.94. The van der Waals surface area contributed by atoms with Crippen molar-refractivity contribution >= 4 is 5.97 Å². The Morgan fingerprint density at radius 1 is 0.867 bits per heavy atom. The fraction of sp³-hybridized carbons (Fsp3) is 0.500. The van der Waals surface area contributed by atoms with Crippen molar-refractivity contribution in [3.05, 3.63) is 54.3 Å². The SMILES string of the molecule is CCCCCCCOC1CCC(C(=O)Oc2ccc(-c3ccc(F)cc3)cc2)CC1. The monoisotopic (exact) mass is 412 g/mol. The number of rotatable bonds is 10. The second kappa shape index (κ2) is 11.8. The molecule has 30 heavy (non-hydrogen) atoms. The lowest BCUT2D eigenvalue weighted by Crippen LogP contribution is -2.29. The maximum absolute atomic E-state index is 13.1. The Morgan fingerprint density at radius 3 is 2.10 bits per heavy atom. The van der Waals surface area contributed by atoms with E-state index < -0.39 is 0 Å². The van der Waals surface area contributed by atoms with Crippen molar-refractivity contribution in [3.63, 3.8) is 0 Å². The lowest BCUT2D eigenvalue weighted by atomic mass is 9.87. The number of esters is 1. The van der Waals surface area contributed by atoms with E-state index in [0.717, 1.165) is 49.8 Å². The second-order valence-electron chi connectivity index (χ2n) is 8.21. The summed E-state index contributed by atoms with van der Waals surface area (Å²) >= 11 is 0. The minimum atomic E-state index is -0.253. The number of carbonyl (C=O) groups is 1. The lowest BCUT2D eigenvalue weighted by molar-refractivity contribution is -0.141. The minimum absolute atomic E-state index is 0.0498. The molecule has 1 aliphatic rings. The van der Waals surface area contributed by atoms with Gasteiger partial charge in [-0.1, -0.05) is 56.9 Å². The van der Waals surface area contributed by atoms with Crippen LogP contribution in [0.1, 0.15) is 64.7 Å². The van der Waals surface area contributed by atoms with Gasteiger partial charge in [0.1, 0.15) is 11.6 Å². The fourth-order valence-electron chi connectivity index (χ4n) is 3.98. The molecule has 0 heterocycles. The summed E-state index contributed by atoms with van der Waals surface area (Å²) in [4.78, 5) is 12.5. The van der Waals surface area contributed by atoms with E-state index in [2.05, 4.69) is 6.92 Å². The predicted octanol–water partition coefficient (Wildman–Crippen LogP) is 6.94. The zero-order valence-electron chi connectivity index (χ0n) is 17.9. The first-order chi connectivity index (χ1) is 14.7. The highest BCUT2D eigenvalue weighted by atomic mass is 19.1. The molecule has 0 saturated heterocycles. The molecule has 0 bridgehead atoms. The number of halogens is 1. The molecule has 0 aromatic heterocycles. The summed E-state index contributed by atoms with van der Waals surface area (Å²) < 4.78 is 24.7. The van der Waals surface area contributed by atoms with E-state index in [9.17, 15) is 9.18 Å². The number of ether oxygens (including phenoxy) is 2. The summed E-state index contributed by atoms with van der Waals surface area (Å²) in [6.45, 7) is 3.06. The molecule has 0 unspecified atom stereocenters. The van der Waals surface area contributed by atoms with Crippen molar-refractivity contribution in [2.75, 3.05) is 6.61 Å². The van der Waals surface area contributed by atoms with Gasteiger partial charge in [-0.25, -0.2) is 4.39 Å². The van der Waals surface area contributed by atoms with Crippen LogP contribution in [0.5, 0.6) is 5.75 Å². The molecule has 1 saturated carbocycles. The highest BCUT2D eigenvalue weighted by Gasteiger charge is 2.28. The normalized spacial score (nSPS) is 18.9. The maximum Gasteiger partial charge on any atom is 0.314 e. The number of unbranched alkanes of at least 4 members (excludes halogenated alkanes) is 4. The predicted molar refractivity (Wildman–Crippen MR) is 118 cm³/mol. The first kappa shape index (κ1) is 22.5. The average Bonchev–Trinajstić information content (AvgIpc) is 2.78. The first-order valence-corrected chi connectivity index (χ1v) is 11.3. The fourth-order valence-corrected chi connectivity index (χ4v) is 3.98. The summed E-state index contributed by atoms with van der Waals surface area (Å²) in [5.74, 6) is 0.0986. The molecule has 0 atom stereocenters. The molecule has 0 amide bonds. The Labute approximate surface area is 179 Å². The van der Waals surface area contributed by atoms with Gasteiger partial charge in [0.2, 0.25) is 0 Å². The van der Waals surface area contributed by atoms with Gasteiger partial charge < -0.3 is 9.47 Å². The van der Waals surface area contributed by atoms with E-state index in [4.69, 9.17) is 9.47 Å². The van der Waals surface area contributed by atoms with Crippen LogP contribution < -0.4 is 4.74 Å². The molecule has 0 aliphatic heterocycles. The zero-order chi connectivity index (χ0) is 21.2. The van der Waals surface area contributed by atoms with Gasteiger partial charge in [0.25, 0.3) is 0 Å². The van der Waals surface area contributed by atoms with Crippen molar-refractivity contribution in [1.82, 2.24) is 0 Å². The van der Waals surface area contributed by atoms with E-state index >= 15 is 0 Å². The van der Waals surface area contributed by atoms with E-state index in [1.165, 1.54) is 37.8 Å². The molecule has 3 nitrogen and oxygen atoms in total. The third-order valence-corrected chi connectivity index (χ3v) is 5.86. The van der Waals surface area contributed by atoms with Crippen molar-refractivity contribution in [2.24, 2.45) is 5.92 Å². The van der Waals surface area contributed by atoms with Crippen LogP contribution in [0.25, 0.3) is 11.1 Å². The molecular weight excluding hydrogens is 379 g/mol. The Morgan fingerprint density at radius 2 is 1.47 bits per heavy atom. The van der Waals surface area contributed by atoms with Crippen molar-refractivity contribution < 1.29 is 18.7 Å². The molecular formula is C26H33FO3. The van der Waals surface area contributed by atoms with Gasteiger partial charge >= 0.3 is 5.97 Å². The van der Waals surface area contributed by atoms with Crippen LogP contribution in [0.4, 0.5) is 4.39 Å². The van der Waals surface area contributed by atoms with Crippen LogP contribution in [0.3, 0.4) is 0 Å². The van der Waals surface area contributed by atoms with E-state index in [0.29, 0.717) is 5.75 Å². The van der Waals surface area contributed by atoms with E-state index in [1.807, 2.05) is 12.1 Å². The van der Waals surface area contributed by atoms with Crippen LogP contribution in [-0.2, 0) is 9.53 Å². The molecule has 0 N–H and O–H groups in total. The smallest absolute Gasteiger partial charge is 0.314 e. The lowest BCUT2D eigenvalue weighted by Gasteiger charge is -2.27. The molecule has 0 spiro atoms. The van der Waals surface area contributed by atoms with Crippen molar-refractivity contribution in [2.45, 2.75) is 70.8 Å². The molecule has 4 heteroatoms. The van der Waals surface area contributed by atoms with Gasteiger partial charge in [-0.05, 0) is 67.5 Å². The van der Waals surface area contributed by atoms with Gasteiger partial charge in [-0.2, -0.15) is 0 Å². The Kier molecular flexibility index (Phi) is 8.88. The quantitative estimate of drug-likeness (QED) is 0.241. The number of benzene rings is 2. The first-order valence-electron chi connectivity index (χ1n) is 11.3. The van der Waals surface area contributed by atoms with Crippen molar-refractivity contribution in [3.8, 4) is 16.9 Å². The summed E-state index contributed by atoms with van der Waals surface area (Å²) in [5.41, 5.74) is 1.89. The van der Waals surface area contributed by atoms with E-state index in [1.54, 1.807) is 24.3 Å². The standard InChI is InChI=1S/C26H33FO3/c1-2-3-4-5-6-19-29-24-15-11-22(12-16-24)26(28)30-25-17-9-21(10-18-25)20-7-13-23(27)14-8-20/h7-10,13-14,17-18,22,24H,2-6,11-12,15-16,19H2,1H3. The molecule has 2 aromatic carbocycles. The third-order valence-electron chi connectivity index (χ3n) is 5.86. The van der Waals surface area contributed by atoms with Crippen LogP contribution >= 0.6 is 0 Å². The molecule has 1 aliphatic carbocycles. The van der Waals surface area contributed by atoms with Crippen LogP contribution in [0.2, 0.25) is 0 Å². The molecule has 0 radical (unpaired) electrons. The number of hydrogen-bond donors (Lipinski definition) is 0. The number of hydrogen-bond acceptors (Lipinski definition) is 3. The topological polar surface area (TPSA) is 35.5 Å². The molecule has 2 aromatic rings. The Balaban J connectivity index is 1.39. The van der Waals surface area contributed by atoms with E-state index in [-0.39, 0.29) is 23.8 Å². The van der Waals surface area contributed by atoms with Gasteiger partial charge in [0, 0.05) is 6.61 Å². The minimum Gasteiger partial charge on any atom is -0.426 e. The van der Waals surface area contributed by atoms with Gasteiger partial charge in [0.15, 0.2) is 0 Å². The van der Waals surface area contributed by atoms with Crippen LogP contribution in [-0.4, -0.2) is 18.7 Å². The van der Waals surface area contributed by atoms with Gasteiger partial charge in [-0.3, -0.25) is 4.79 Å².